The fourth-order valence-electron chi connectivity index (χ4n) is 1.59. The molecule has 106 valence electrons. The number of hydrogen-bond acceptors (Lipinski definition) is 3. The maximum atomic E-state index is 11.8. The number of nitrogens with two attached hydrogens (primary N) is 1. The molecule has 0 fully saturated rings. The van der Waals surface area contributed by atoms with E-state index in [1.807, 2.05) is 31.2 Å². The van der Waals surface area contributed by atoms with Crippen LogP contribution >= 0.6 is 0 Å². The molecule has 4 nitrogen and oxygen atoms in total. The number of nitrogens with one attached hydrogen (secondary N) is 1. The average molecular weight is 264 g/mol. The van der Waals surface area contributed by atoms with Crippen LogP contribution in [0.3, 0.4) is 0 Å². The zero-order chi connectivity index (χ0) is 14.1. The van der Waals surface area contributed by atoms with Gasteiger partial charge in [-0.1, -0.05) is 25.5 Å². The Kier molecular flexibility index (Phi) is 6.97. The fraction of sp³-hybridized carbons (Fsp3) is 0.533. The first-order valence-corrected chi connectivity index (χ1v) is 6.90. The SMILES string of the molecule is CCCCOc1ccccc1NC(=O)CCC(C)N. The van der Waals surface area contributed by atoms with Gasteiger partial charge in [-0.2, -0.15) is 0 Å². The lowest BCUT2D eigenvalue weighted by Crippen LogP contribution is -2.19. The maximum absolute atomic E-state index is 11.8. The van der Waals surface area contributed by atoms with Crippen LogP contribution in [0.2, 0.25) is 0 Å². The highest BCUT2D eigenvalue weighted by atomic mass is 16.5. The van der Waals surface area contributed by atoms with Gasteiger partial charge in [0.15, 0.2) is 0 Å². The Morgan fingerprint density at radius 1 is 1.42 bits per heavy atom. The van der Waals surface area contributed by atoms with Crippen LogP contribution in [0.1, 0.15) is 39.5 Å². The number of rotatable bonds is 8. The number of carbonyl (C=O) groups is 1. The third-order valence-corrected chi connectivity index (χ3v) is 2.74. The van der Waals surface area contributed by atoms with Crippen molar-refractivity contribution in [3.05, 3.63) is 24.3 Å². The number of anilines is 1. The molecule has 3 N–H and O–H groups in total. The molecule has 0 heterocycles. The lowest BCUT2D eigenvalue weighted by atomic mass is 10.2. The summed E-state index contributed by atoms with van der Waals surface area (Å²) in [7, 11) is 0. The van der Waals surface area contributed by atoms with E-state index in [-0.39, 0.29) is 11.9 Å². The van der Waals surface area contributed by atoms with Gasteiger partial charge in [0.05, 0.1) is 12.3 Å². The van der Waals surface area contributed by atoms with Crippen molar-refractivity contribution in [3.63, 3.8) is 0 Å². The Hall–Kier alpha value is -1.55. The minimum atomic E-state index is -0.0242. The van der Waals surface area contributed by atoms with Crippen LogP contribution in [0.5, 0.6) is 5.75 Å². The average Bonchev–Trinajstić information content (AvgIpc) is 2.39. The molecule has 1 unspecified atom stereocenters. The highest BCUT2D eigenvalue weighted by Gasteiger charge is 2.08. The molecule has 0 aliphatic heterocycles. The van der Waals surface area contributed by atoms with E-state index >= 15 is 0 Å². The van der Waals surface area contributed by atoms with E-state index in [4.69, 9.17) is 10.5 Å². The Morgan fingerprint density at radius 3 is 2.84 bits per heavy atom. The number of carbonyl (C=O) groups excluding carboxylic acids is 1. The van der Waals surface area contributed by atoms with Gasteiger partial charge in [0.2, 0.25) is 5.91 Å². The largest absolute Gasteiger partial charge is 0.491 e. The van der Waals surface area contributed by atoms with E-state index in [2.05, 4.69) is 12.2 Å². The standard InChI is InChI=1S/C15H24N2O2/c1-3-4-11-19-14-8-6-5-7-13(14)17-15(18)10-9-12(2)16/h5-8,12H,3-4,9-11,16H2,1-2H3,(H,17,18). The van der Waals surface area contributed by atoms with E-state index in [1.54, 1.807) is 0 Å². The molecule has 0 radical (unpaired) electrons. The summed E-state index contributed by atoms with van der Waals surface area (Å²) in [5.41, 5.74) is 6.37. The number of ether oxygens (including phenoxy) is 1. The molecule has 1 aromatic carbocycles. The minimum Gasteiger partial charge on any atom is -0.491 e. The van der Waals surface area contributed by atoms with Gasteiger partial charge in [0, 0.05) is 12.5 Å². The Balaban J connectivity index is 2.54. The van der Waals surface area contributed by atoms with Crippen LogP contribution in [0.25, 0.3) is 0 Å². The number of hydrogen-bond donors (Lipinski definition) is 2. The lowest BCUT2D eigenvalue weighted by Gasteiger charge is -2.12. The van der Waals surface area contributed by atoms with E-state index < -0.39 is 0 Å². The summed E-state index contributed by atoms with van der Waals surface area (Å²) in [5.74, 6) is 0.703. The lowest BCUT2D eigenvalue weighted by molar-refractivity contribution is -0.116. The second kappa shape index (κ2) is 8.53. The van der Waals surface area contributed by atoms with Crippen molar-refractivity contribution in [2.75, 3.05) is 11.9 Å². The maximum Gasteiger partial charge on any atom is 0.224 e. The molecule has 0 aromatic heterocycles. The molecule has 1 amide bonds. The minimum absolute atomic E-state index is 0.0242. The monoisotopic (exact) mass is 264 g/mol. The smallest absolute Gasteiger partial charge is 0.224 e. The van der Waals surface area contributed by atoms with Crippen molar-refractivity contribution < 1.29 is 9.53 Å². The second-order valence-corrected chi connectivity index (χ2v) is 4.76. The molecular weight excluding hydrogens is 240 g/mol. The molecule has 4 heteroatoms. The summed E-state index contributed by atoms with van der Waals surface area (Å²) in [6.07, 6.45) is 3.21. The van der Waals surface area contributed by atoms with E-state index in [0.717, 1.165) is 24.3 Å². The predicted molar refractivity (Wildman–Crippen MR) is 78.4 cm³/mol. The molecule has 19 heavy (non-hydrogen) atoms. The van der Waals surface area contributed by atoms with Crippen LogP contribution in [0.4, 0.5) is 5.69 Å². The van der Waals surface area contributed by atoms with Gasteiger partial charge in [-0.15, -0.1) is 0 Å². The molecule has 0 saturated heterocycles. The van der Waals surface area contributed by atoms with Gasteiger partial charge in [-0.25, -0.2) is 0 Å². The quantitative estimate of drug-likeness (QED) is 0.709. The molecule has 0 aliphatic carbocycles. The Labute approximate surface area is 115 Å². The summed E-state index contributed by atoms with van der Waals surface area (Å²) in [6, 6.07) is 7.55. The number of para-hydroxylation sites is 2. The Morgan fingerprint density at radius 2 is 2.16 bits per heavy atom. The fourth-order valence-corrected chi connectivity index (χ4v) is 1.59. The van der Waals surface area contributed by atoms with E-state index in [0.29, 0.717) is 19.4 Å². The summed E-state index contributed by atoms with van der Waals surface area (Å²) in [5, 5.41) is 2.87. The van der Waals surface area contributed by atoms with Gasteiger partial charge >= 0.3 is 0 Å². The van der Waals surface area contributed by atoms with Gasteiger partial charge in [-0.3, -0.25) is 4.79 Å². The molecule has 0 bridgehead atoms. The van der Waals surface area contributed by atoms with Crippen molar-refractivity contribution in [1.82, 2.24) is 0 Å². The highest BCUT2D eigenvalue weighted by molar-refractivity contribution is 5.92. The molecule has 1 atom stereocenters. The van der Waals surface area contributed by atoms with Gasteiger partial charge in [0.1, 0.15) is 5.75 Å². The summed E-state index contributed by atoms with van der Waals surface area (Å²) < 4.78 is 5.66. The normalized spacial score (nSPS) is 11.9. The second-order valence-electron chi connectivity index (χ2n) is 4.76. The van der Waals surface area contributed by atoms with E-state index in [9.17, 15) is 4.79 Å². The van der Waals surface area contributed by atoms with Gasteiger partial charge in [-0.05, 0) is 31.9 Å². The van der Waals surface area contributed by atoms with Crippen LogP contribution in [-0.4, -0.2) is 18.6 Å². The first kappa shape index (κ1) is 15.5. The molecule has 0 saturated carbocycles. The molecule has 0 spiro atoms. The van der Waals surface area contributed by atoms with Crippen molar-refractivity contribution in [3.8, 4) is 5.75 Å². The van der Waals surface area contributed by atoms with E-state index in [1.165, 1.54) is 0 Å². The molecule has 0 aliphatic rings. The number of amides is 1. The first-order chi connectivity index (χ1) is 9.13. The number of unbranched alkanes of at least 4 members (excludes halogenated alkanes) is 1. The molecular formula is C15H24N2O2. The van der Waals surface area contributed by atoms with Crippen LogP contribution in [0.15, 0.2) is 24.3 Å². The summed E-state index contributed by atoms with van der Waals surface area (Å²) in [6.45, 7) is 4.68. The van der Waals surface area contributed by atoms with Gasteiger partial charge in [0.25, 0.3) is 0 Å². The van der Waals surface area contributed by atoms with Crippen LogP contribution < -0.4 is 15.8 Å². The third kappa shape index (κ3) is 6.25. The summed E-state index contributed by atoms with van der Waals surface area (Å²) >= 11 is 0. The zero-order valence-electron chi connectivity index (χ0n) is 11.8. The van der Waals surface area contributed by atoms with Crippen molar-refractivity contribution in [2.45, 2.75) is 45.6 Å². The van der Waals surface area contributed by atoms with Crippen molar-refractivity contribution in [1.29, 1.82) is 0 Å². The topological polar surface area (TPSA) is 64.3 Å². The zero-order valence-corrected chi connectivity index (χ0v) is 11.8. The highest BCUT2D eigenvalue weighted by Crippen LogP contribution is 2.24. The van der Waals surface area contributed by atoms with Crippen LogP contribution in [0, 0.1) is 0 Å². The number of benzene rings is 1. The first-order valence-electron chi connectivity index (χ1n) is 6.90. The van der Waals surface area contributed by atoms with Crippen LogP contribution in [-0.2, 0) is 4.79 Å². The third-order valence-electron chi connectivity index (χ3n) is 2.74. The predicted octanol–water partition coefficient (Wildman–Crippen LogP) is 2.93. The van der Waals surface area contributed by atoms with Crippen molar-refractivity contribution in [2.24, 2.45) is 5.73 Å². The van der Waals surface area contributed by atoms with Crippen molar-refractivity contribution >= 4 is 11.6 Å². The Bertz CT molecular complexity index is 391. The van der Waals surface area contributed by atoms with Gasteiger partial charge < -0.3 is 15.8 Å². The molecule has 1 rings (SSSR count). The summed E-state index contributed by atoms with van der Waals surface area (Å²) in [4.78, 5) is 11.8. The molecule has 1 aromatic rings.